The van der Waals surface area contributed by atoms with Crippen LogP contribution in [0.2, 0.25) is 0 Å². The summed E-state index contributed by atoms with van der Waals surface area (Å²) in [5.74, 6) is 0.834. The van der Waals surface area contributed by atoms with E-state index in [1.54, 1.807) is 30.5 Å². The summed E-state index contributed by atoms with van der Waals surface area (Å²) in [7, 11) is 1.90. The minimum absolute atomic E-state index is 0.198. The quantitative estimate of drug-likeness (QED) is 0.941. The molecule has 1 heterocycles. The molecule has 0 aliphatic heterocycles. The summed E-state index contributed by atoms with van der Waals surface area (Å²) in [4.78, 5) is 4.10. The largest absolute Gasteiger partial charge is 0.508 e. The van der Waals surface area contributed by atoms with Gasteiger partial charge in [0.25, 0.3) is 0 Å². The van der Waals surface area contributed by atoms with Gasteiger partial charge in [-0.2, -0.15) is 0 Å². The Morgan fingerprint density at radius 1 is 1.50 bits per heavy atom. The van der Waals surface area contributed by atoms with E-state index in [0.29, 0.717) is 12.4 Å². The fourth-order valence-corrected chi connectivity index (χ4v) is 1.61. The molecule has 1 aromatic carbocycles. The number of ether oxygens (including phenoxy) is 1. The van der Waals surface area contributed by atoms with Crippen molar-refractivity contribution in [2.24, 2.45) is 7.05 Å². The second-order valence-corrected chi connectivity index (χ2v) is 4.07. The minimum Gasteiger partial charge on any atom is -0.508 e. The van der Waals surface area contributed by atoms with Crippen LogP contribution in [0, 0.1) is 0 Å². The van der Waals surface area contributed by atoms with Crippen molar-refractivity contribution >= 4 is 15.9 Å². The van der Waals surface area contributed by atoms with Gasteiger partial charge in [0.15, 0.2) is 4.73 Å². The van der Waals surface area contributed by atoms with Crippen LogP contribution in [0.5, 0.6) is 11.5 Å². The van der Waals surface area contributed by atoms with E-state index < -0.39 is 0 Å². The number of benzene rings is 1. The van der Waals surface area contributed by atoms with Gasteiger partial charge in [0.1, 0.15) is 18.1 Å². The van der Waals surface area contributed by atoms with E-state index in [9.17, 15) is 5.11 Å². The molecule has 5 heteroatoms. The molecule has 0 unspecified atom stereocenters. The molecule has 1 aromatic heterocycles. The molecule has 0 radical (unpaired) electrons. The van der Waals surface area contributed by atoms with Gasteiger partial charge in [-0.1, -0.05) is 6.07 Å². The molecule has 4 nitrogen and oxygen atoms in total. The van der Waals surface area contributed by atoms with Crippen molar-refractivity contribution < 1.29 is 9.84 Å². The molecule has 84 valence electrons. The van der Waals surface area contributed by atoms with Crippen molar-refractivity contribution in [1.29, 1.82) is 0 Å². The van der Waals surface area contributed by atoms with Crippen LogP contribution in [0.15, 0.2) is 35.2 Å². The molecule has 1 N–H and O–H groups in total. The zero-order valence-corrected chi connectivity index (χ0v) is 10.3. The molecule has 0 amide bonds. The number of aromatic hydroxyl groups is 1. The summed E-state index contributed by atoms with van der Waals surface area (Å²) in [6.45, 7) is 0.415. The predicted octanol–water partition coefficient (Wildman–Crippen LogP) is 2.47. The van der Waals surface area contributed by atoms with Gasteiger partial charge < -0.3 is 14.4 Å². The maximum atomic E-state index is 9.26. The summed E-state index contributed by atoms with van der Waals surface area (Å²) >= 11 is 3.31. The van der Waals surface area contributed by atoms with Crippen LogP contribution >= 0.6 is 15.9 Å². The SMILES string of the molecule is Cn1c(COc2cccc(O)c2)cnc1Br. The highest BCUT2D eigenvalue weighted by molar-refractivity contribution is 9.10. The summed E-state index contributed by atoms with van der Waals surface area (Å²) in [5, 5.41) is 9.26. The second-order valence-electron chi connectivity index (χ2n) is 3.36. The number of nitrogens with zero attached hydrogens (tertiary/aromatic N) is 2. The molecule has 0 aliphatic carbocycles. The van der Waals surface area contributed by atoms with Gasteiger partial charge in [-0.05, 0) is 28.1 Å². The van der Waals surface area contributed by atoms with Crippen LogP contribution in [0.1, 0.15) is 5.69 Å². The molecule has 2 aromatic rings. The highest BCUT2D eigenvalue weighted by atomic mass is 79.9. The average molecular weight is 283 g/mol. The number of imidazole rings is 1. The standard InChI is InChI=1S/C11H11BrN2O2/c1-14-8(6-13-11(14)12)7-16-10-4-2-3-9(15)5-10/h2-6,15H,7H2,1H3. The molecule has 0 atom stereocenters. The van der Waals surface area contributed by atoms with Crippen LogP contribution in [0.3, 0.4) is 0 Å². The molecular formula is C11H11BrN2O2. The third-order valence-corrected chi connectivity index (χ3v) is 2.97. The molecular weight excluding hydrogens is 272 g/mol. The van der Waals surface area contributed by atoms with E-state index in [-0.39, 0.29) is 5.75 Å². The van der Waals surface area contributed by atoms with Crippen molar-refractivity contribution in [2.45, 2.75) is 6.61 Å². The first-order valence-electron chi connectivity index (χ1n) is 4.75. The molecule has 0 saturated carbocycles. The van der Waals surface area contributed by atoms with Crippen LogP contribution in [0.25, 0.3) is 0 Å². The van der Waals surface area contributed by atoms with Crippen molar-refractivity contribution in [3.8, 4) is 11.5 Å². The molecule has 0 fully saturated rings. The van der Waals surface area contributed by atoms with Gasteiger partial charge in [-0.3, -0.25) is 0 Å². The van der Waals surface area contributed by atoms with Gasteiger partial charge in [-0.25, -0.2) is 4.98 Å². The lowest BCUT2D eigenvalue weighted by Gasteiger charge is -2.06. The smallest absolute Gasteiger partial charge is 0.177 e. The molecule has 0 saturated heterocycles. The average Bonchev–Trinajstić information content (AvgIpc) is 2.57. The van der Waals surface area contributed by atoms with Crippen LogP contribution in [-0.2, 0) is 13.7 Å². The summed E-state index contributed by atoms with van der Waals surface area (Å²) in [5.41, 5.74) is 0.954. The van der Waals surface area contributed by atoms with Gasteiger partial charge in [-0.15, -0.1) is 0 Å². The van der Waals surface area contributed by atoms with Crippen LogP contribution in [-0.4, -0.2) is 14.7 Å². The van der Waals surface area contributed by atoms with E-state index >= 15 is 0 Å². The Labute approximate surface area is 102 Å². The fraction of sp³-hybridized carbons (Fsp3) is 0.182. The maximum Gasteiger partial charge on any atom is 0.177 e. The lowest BCUT2D eigenvalue weighted by Crippen LogP contribution is -2.01. The minimum atomic E-state index is 0.198. The Balaban J connectivity index is 2.05. The molecule has 0 aliphatic rings. The molecule has 16 heavy (non-hydrogen) atoms. The van der Waals surface area contributed by atoms with E-state index in [1.165, 1.54) is 0 Å². The van der Waals surface area contributed by atoms with Gasteiger partial charge in [0, 0.05) is 13.1 Å². The number of phenols is 1. The lowest BCUT2D eigenvalue weighted by atomic mass is 10.3. The van der Waals surface area contributed by atoms with E-state index in [4.69, 9.17) is 4.74 Å². The van der Waals surface area contributed by atoms with Crippen molar-refractivity contribution in [1.82, 2.24) is 9.55 Å². The Kier molecular flexibility index (Phi) is 3.14. The Morgan fingerprint density at radius 2 is 2.31 bits per heavy atom. The first-order chi connectivity index (χ1) is 7.66. The summed E-state index contributed by atoms with van der Waals surface area (Å²) < 4.78 is 8.18. The molecule has 0 spiro atoms. The van der Waals surface area contributed by atoms with E-state index in [1.807, 2.05) is 11.6 Å². The maximum absolute atomic E-state index is 9.26. The van der Waals surface area contributed by atoms with Gasteiger partial charge >= 0.3 is 0 Å². The number of aromatic nitrogens is 2. The van der Waals surface area contributed by atoms with Gasteiger partial charge in [0.2, 0.25) is 0 Å². The van der Waals surface area contributed by atoms with Crippen molar-refractivity contribution in [3.05, 3.63) is 40.9 Å². The highest BCUT2D eigenvalue weighted by Crippen LogP contribution is 2.19. The second kappa shape index (κ2) is 4.57. The zero-order chi connectivity index (χ0) is 11.5. The van der Waals surface area contributed by atoms with Gasteiger partial charge in [0.05, 0.1) is 11.9 Å². The third kappa shape index (κ3) is 2.36. The van der Waals surface area contributed by atoms with E-state index in [0.717, 1.165) is 10.4 Å². The van der Waals surface area contributed by atoms with Crippen molar-refractivity contribution in [3.63, 3.8) is 0 Å². The third-order valence-electron chi connectivity index (χ3n) is 2.23. The summed E-state index contributed by atoms with van der Waals surface area (Å²) in [6, 6.07) is 6.72. The van der Waals surface area contributed by atoms with Crippen LogP contribution in [0.4, 0.5) is 0 Å². The Morgan fingerprint density at radius 3 is 2.94 bits per heavy atom. The molecule has 2 rings (SSSR count). The predicted molar refractivity (Wildman–Crippen MR) is 63.3 cm³/mol. The topological polar surface area (TPSA) is 47.3 Å². The highest BCUT2D eigenvalue weighted by Gasteiger charge is 2.04. The number of rotatable bonds is 3. The normalized spacial score (nSPS) is 10.4. The van der Waals surface area contributed by atoms with E-state index in [2.05, 4.69) is 20.9 Å². The first-order valence-corrected chi connectivity index (χ1v) is 5.54. The lowest BCUT2D eigenvalue weighted by molar-refractivity contribution is 0.295. The zero-order valence-electron chi connectivity index (χ0n) is 8.72. The number of hydrogen-bond donors (Lipinski definition) is 1. The Hall–Kier alpha value is -1.49. The Bertz CT molecular complexity index is 496. The summed E-state index contributed by atoms with van der Waals surface area (Å²) in [6.07, 6.45) is 1.74. The molecule has 0 bridgehead atoms. The first kappa shape index (κ1) is 11.0. The van der Waals surface area contributed by atoms with Crippen molar-refractivity contribution in [2.75, 3.05) is 0 Å². The fourth-order valence-electron chi connectivity index (χ4n) is 1.28. The monoisotopic (exact) mass is 282 g/mol. The number of hydrogen-bond acceptors (Lipinski definition) is 3. The number of phenolic OH excluding ortho intramolecular Hbond substituents is 1. The van der Waals surface area contributed by atoms with Crippen LogP contribution < -0.4 is 4.74 Å². The number of halogens is 1.